The van der Waals surface area contributed by atoms with Crippen molar-refractivity contribution in [2.24, 2.45) is 5.73 Å². The van der Waals surface area contributed by atoms with Crippen molar-refractivity contribution in [1.29, 1.82) is 0 Å². The molecule has 7 heteroatoms. The number of sulfone groups is 1. The Balaban J connectivity index is 1.82. The highest BCUT2D eigenvalue weighted by Crippen LogP contribution is 2.29. The number of nitrogens with two attached hydrogens (primary N) is 1. The molecule has 3 rings (SSSR count). The van der Waals surface area contributed by atoms with Crippen LogP contribution in [0.15, 0.2) is 0 Å². The zero-order chi connectivity index (χ0) is 12.8. The van der Waals surface area contributed by atoms with E-state index in [0.717, 1.165) is 31.0 Å². The average molecular weight is 270 g/mol. The van der Waals surface area contributed by atoms with E-state index in [4.69, 9.17) is 5.73 Å². The van der Waals surface area contributed by atoms with E-state index in [1.165, 1.54) is 0 Å². The summed E-state index contributed by atoms with van der Waals surface area (Å²) in [6.45, 7) is 0.876. The van der Waals surface area contributed by atoms with Crippen LogP contribution in [0, 0.1) is 0 Å². The van der Waals surface area contributed by atoms with Gasteiger partial charge in [0.2, 0.25) is 0 Å². The Hall–Kier alpha value is -0.950. The molecule has 2 aliphatic rings. The summed E-state index contributed by atoms with van der Waals surface area (Å²) in [7, 11) is -2.82. The molecule has 0 spiro atoms. The number of aryl methyl sites for hydroxylation is 1. The molecule has 1 unspecified atom stereocenters. The lowest BCUT2D eigenvalue weighted by molar-refractivity contribution is 0.420. The Morgan fingerprint density at radius 3 is 2.61 bits per heavy atom. The van der Waals surface area contributed by atoms with Crippen LogP contribution in [0.2, 0.25) is 0 Å². The molecule has 1 aromatic rings. The zero-order valence-electron chi connectivity index (χ0n) is 10.2. The quantitative estimate of drug-likeness (QED) is 0.796. The molecule has 0 bridgehead atoms. The molecule has 0 aliphatic carbocycles. The second-order valence-corrected chi connectivity index (χ2v) is 7.53. The van der Waals surface area contributed by atoms with Crippen molar-refractivity contribution in [3.8, 4) is 0 Å². The van der Waals surface area contributed by atoms with Gasteiger partial charge < -0.3 is 5.73 Å². The van der Waals surface area contributed by atoms with E-state index in [2.05, 4.69) is 10.1 Å². The summed E-state index contributed by atoms with van der Waals surface area (Å²) < 4.78 is 24.7. The lowest BCUT2D eigenvalue weighted by Crippen LogP contribution is -2.22. The average Bonchev–Trinajstić information content (AvgIpc) is 2.74. The van der Waals surface area contributed by atoms with Crippen molar-refractivity contribution in [2.75, 3.05) is 11.5 Å². The van der Waals surface area contributed by atoms with Gasteiger partial charge in [0.15, 0.2) is 5.82 Å². The fraction of sp³-hybridized carbons (Fsp3) is 0.818. The Morgan fingerprint density at radius 2 is 1.94 bits per heavy atom. The summed E-state index contributed by atoms with van der Waals surface area (Å²) in [5, 5.41) is 4.50. The van der Waals surface area contributed by atoms with Crippen LogP contribution in [0.4, 0.5) is 0 Å². The highest BCUT2D eigenvalue weighted by atomic mass is 32.2. The largest absolute Gasteiger partial charge is 0.321 e. The molecule has 0 radical (unpaired) electrons. The number of fused-ring (bicyclic) bond motifs is 1. The summed E-state index contributed by atoms with van der Waals surface area (Å²) in [6, 6.07) is -0.0210. The predicted octanol–water partition coefficient (Wildman–Crippen LogP) is 0.364. The van der Waals surface area contributed by atoms with Crippen LogP contribution in [-0.2, 0) is 16.4 Å². The monoisotopic (exact) mass is 270 g/mol. The van der Waals surface area contributed by atoms with Gasteiger partial charge in [0.25, 0.3) is 0 Å². The van der Waals surface area contributed by atoms with E-state index in [0.29, 0.717) is 12.8 Å². The lowest BCUT2D eigenvalue weighted by Gasteiger charge is -2.18. The maximum absolute atomic E-state index is 11.4. The van der Waals surface area contributed by atoms with E-state index in [9.17, 15) is 8.42 Å². The zero-order valence-corrected chi connectivity index (χ0v) is 11.1. The lowest BCUT2D eigenvalue weighted by atomic mass is 10.0. The highest BCUT2D eigenvalue weighted by Gasteiger charge is 2.29. The van der Waals surface area contributed by atoms with Gasteiger partial charge in [0.05, 0.1) is 17.5 Å². The fourth-order valence-electron chi connectivity index (χ4n) is 2.72. The molecular weight excluding hydrogens is 252 g/mol. The second kappa shape index (κ2) is 4.31. The summed E-state index contributed by atoms with van der Waals surface area (Å²) >= 11 is 0. The van der Waals surface area contributed by atoms with E-state index in [-0.39, 0.29) is 23.5 Å². The molecule has 2 aliphatic heterocycles. The number of rotatable bonds is 1. The van der Waals surface area contributed by atoms with Crippen LogP contribution in [-0.4, -0.2) is 34.7 Å². The normalized spacial score (nSPS) is 27.9. The molecule has 1 aromatic heterocycles. The minimum atomic E-state index is -2.82. The first-order valence-electron chi connectivity index (χ1n) is 6.46. The number of hydrogen-bond acceptors (Lipinski definition) is 5. The van der Waals surface area contributed by atoms with Crippen molar-refractivity contribution >= 4 is 9.84 Å². The second-order valence-electron chi connectivity index (χ2n) is 5.23. The van der Waals surface area contributed by atoms with Crippen LogP contribution in [0.5, 0.6) is 0 Å². The first-order valence-corrected chi connectivity index (χ1v) is 8.28. The first kappa shape index (κ1) is 12.1. The third-order valence-corrected chi connectivity index (χ3v) is 5.57. The molecule has 100 valence electrons. The molecule has 1 fully saturated rings. The summed E-state index contributed by atoms with van der Waals surface area (Å²) in [5.74, 6) is 2.35. The Kier molecular flexibility index (Phi) is 2.90. The van der Waals surface area contributed by atoms with Crippen molar-refractivity contribution in [1.82, 2.24) is 14.8 Å². The fourth-order valence-corrected chi connectivity index (χ4v) is 4.21. The minimum absolute atomic E-state index is 0.0210. The van der Waals surface area contributed by atoms with Gasteiger partial charge >= 0.3 is 0 Å². The van der Waals surface area contributed by atoms with Crippen LogP contribution >= 0.6 is 0 Å². The maximum Gasteiger partial charge on any atom is 0.154 e. The van der Waals surface area contributed by atoms with Gasteiger partial charge in [-0.3, -0.25) is 0 Å². The smallest absolute Gasteiger partial charge is 0.154 e. The van der Waals surface area contributed by atoms with Crippen molar-refractivity contribution in [2.45, 2.75) is 44.2 Å². The van der Waals surface area contributed by atoms with Crippen LogP contribution < -0.4 is 5.73 Å². The van der Waals surface area contributed by atoms with Crippen molar-refractivity contribution in [3.63, 3.8) is 0 Å². The van der Waals surface area contributed by atoms with Gasteiger partial charge in [-0.2, -0.15) is 5.10 Å². The number of aromatic nitrogens is 3. The topological polar surface area (TPSA) is 90.9 Å². The van der Waals surface area contributed by atoms with Crippen LogP contribution in [0.3, 0.4) is 0 Å². The number of hydrogen-bond donors (Lipinski definition) is 1. The predicted molar refractivity (Wildman–Crippen MR) is 66.8 cm³/mol. The molecule has 18 heavy (non-hydrogen) atoms. The molecule has 1 atom stereocenters. The van der Waals surface area contributed by atoms with Crippen LogP contribution in [0.25, 0.3) is 0 Å². The van der Waals surface area contributed by atoms with Gasteiger partial charge in [-0.1, -0.05) is 0 Å². The summed E-state index contributed by atoms with van der Waals surface area (Å²) in [5.41, 5.74) is 6.01. The summed E-state index contributed by atoms with van der Waals surface area (Å²) in [4.78, 5) is 4.54. The Labute approximate surface area is 106 Å². The van der Waals surface area contributed by atoms with E-state index >= 15 is 0 Å². The Morgan fingerprint density at radius 1 is 1.22 bits per heavy atom. The molecule has 0 amide bonds. The Bertz CT molecular complexity index is 537. The SMILES string of the molecule is NC1CCCn2nc(C3CCS(=O)(=O)CC3)nc21. The standard InChI is InChI=1S/C11H18N4O2S/c12-9-2-1-5-15-11(9)13-10(14-15)8-3-6-18(16,17)7-4-8/h8-9H,1-7,12H2. The van der Waals surface area contributed by atoms with Crippen molar-refractivity contribution < 1.29 is 8.42 Å². The minimum Gasteiger partial charge on any atom is -0.321 e. The van der Waals surface area contributed by atoms with Gasteiger partial charge in [-0.25, -0.2) is 18.1 Å². The highest BCUT2D eigenvalue weighted by molar-refractivity contribution is 7.91. The molecular formula is C11H18N4O2S. The third-order valence-electron chi connectivity index (χ3n) is 3.85. The summed E-state index contributed by atoms with van der Waals surface area (Å²) in [6.07, 6.45) is 3.27. The van der Waals surface area contributed by atoms with Crippen molar-refractivity contribution in [3.05, 3.63) is 11.6 Å². The molecule has 0 aromatic carbocycles. The van der Waals surface area contributed by atoms with E-state index in [1.54, 1.807) is 0 Å². The van der Waals surface area contributed by atoms with Gasteiger partial charge in [-0.05, 0) is 25.7 Å². The number of nitrogens with zero attached hydrogens (tertiary/aromatic N) is 3. The molecule has 0 saturated carbocycles. The molecule has 1 saturated heterocycles. The molecule has 2 N–H and O–H groups in total. The first-order chi connectivity index (χ1) is 8.55. The van der Waals surface area contributed by atoms with Gasteiger partial charge in [0, 0.05) is 12.5 Å². The third kappa shape index (κ3) is 2.16. The van der Waals surface area contributed by atoms with Crippen LogP contribution in [0.1, 0.15) is 49.3 Å². The maximum atomic E-state index is 11.4. The molecule has 3 heterocycles. The van der Waals surface area contributed by atoms with E-state index < -0.39 is 9.84 Å². The van der Waals surface area contributed by atoms with E-state index in [1.807, 2.05) is 4.68 Å². The molecule has 6 nitrogen and oxygen atoms in total. The van der Waals surface area contributed by atoms with Gasteiger partial charge in [0.1, 0.15) is 15.7 Å². The van der Waals surface area contributed by atoms with Gasteiger partial charge in [-0.15, -0.1) is 0 Å².